The van der Waals surface area contributed by atoms with Crippen molar-refractivity contribution in [1.82, 2.24) is 0 Å². The number of rotatable bonds is 4. The van der Waals surface area contributed by atoms with Gasteiger partial charge in [-0.25, -0.2) is 0 Å². The van der Waals surface area contributed by atoms with Gasteiger partial charge in [0.15, 0.2) is 0 Å². The standard InChI is InChI=1S/C14H22N2S/c1-10(2)13(9-15)16-12-5-6-14-11(8-12)4-3-7-17-14/h5-6,8,10,13,16H,3-4,7,9,15H2,1-2H3. The molecule has 1 aromatic rings. The van der Waals surface area contributed by atoms with Gasteiger partial charge in [0.05, 0.1) is 0 Å². The minimum absolute atomic E-state index is 0.365. The lowest BCUT2D eigenvalue weighted by Gasteiger charge is -2.23. The highest BCUT2D eigenvalue weighted by Crippen LogP contribution is 2.32. The molecule has 0 amide bonds. The molecule has 0 aliphatic carbocycles. The molecule has 0 spiro atoms. The maximum atomic E-state index is 5.79. The molecule has 0 saturated carbocycles. The molecule has 1 unspecified atom stereocenters. The molecule has 0 saturated heterocycles. The fraction of sp³-hybridized carbons (Fsp3) is 0.571. The first-order valence-corrected chi connectivity index (χ1v) is 7.41. The molecule has 2 nitrogen and oxygen atoms in total. The molecule has 94 valence electrons. The molecule has 1 heterocycles. The lowest BCUT2D eigenvalue weighted by molar-refractivity contribution is 0.531. The maximum Gasteiger partial charge on any atom is 0.0406 e. The average molecular weight is 250 g/mol. The minimum Gasteiger partial charge on any atom is -0.381 e. The SMILES string of the molecule is CC(C)C(CN)Nc1ccc2c(c1)CCCS2. The van der Waals surface area contributed by atoms with Gasteiger partial charge in [0.2, 0.25) is 0 Å². The van der Waals surface area contributed by atoms with Crippen LogP contribution in [0.2, 0.25) is 0 Å². The van der Waals surface area contributed by atoms with Crippen molar-refractivity contribution in [1.29, 1.82) is 0 Å². The van der Waals surface area contributed by atoms with E-state index in [0.717, 1.165) is 0 Å². The molecule has 1 aliphatic heterocycles. The highest BCUT2D eigenvalue weighted by Gasteiger charge is 2.13. The number of anilines is 1. The summed E-state index contributed by atoms with van der Waals surface area (Å²) < 4.78 is 0. The highest BCUT2D eigenvalue weighted by molar-refractivity contribution is 7.99. The fourth-order valence-electron chi connectivity index (χ4n) is 2.16. The predicted octanol–water partition coefficient (Wildman–Crippen LogP) is 3.12. The van der Waals surface area contributed by atoms with Crippen LogP contribution in [0.15, 0.2) is 23.1 Å². The number of thioether (sulfide) groups is 1. The van der Waals surface area contributed by atoms with Crippen molar-refractivity contribution < 1.29 is 0 Å². The third-order valence-corrected chi connectivity index (χ3v) is 4.52. The van der Waals surface area contributed by atoms with Gasteiger partial charge in [-0.15, -0.1) is 11.8 Å². The van der Waals surface area contributed by atoms with Gasteiger partial charge < -0.3 is 11.1 Å². The zero-order valence-electron chi connectivity index (χ0n) is 10.7. The van der Waals surface area contributed by atoms with E-state index in [1.165, 1.54) is 34.7 Å². The summed E-state index contributed by atoms with van der Waals surface area (Å²) >= 11 is 1.98. The molecule has 3 N–H and O–H groups in total. The third-order valence-electron chi connectivity index (χ3n) is 3.32. The van der Waals surface area contributed by atoms with E-state index in [0.29, 0.717) is 18.5 Å². The molecule has 0 aromatic heterocycles. The average Bonchev–Trinajstić information content (AvgIpc) is 2.35. The normalized spacial score (nSPS) is 16.7. The van der Waals surface area contributed by atoms with E-state index in [1.807, 2.05) is 11.8 Å². The molecular weight excluding hydrogens is 228 g/mol. The Bertz CT molecular complexity index is 376. The van der Waals surface area contributed by atoms with Gasteiger partial charge in [0, 0.05) is 23.2 Å². The van der Waals surface area contributed by atoms with E-state index >= 15 is 0 Å². The number of benzene rings is 1. The molecule has 0 fully saturated rings. The number of hydrogen-bond acceptors (Lipinski definition) is 3. The Labute approximate surface area is 108 Å². The summed E-state index contributed by atoms with van der Waals surface area (Å²) in [5.74, 6) is 1.82. The number of aryl methyl sites for hydroxylation is 1. The van der Waals surface area contributed by atoms with Crippen molar-refractivity contribution in [3.8, 4) is 0 Å². The van der Waals surface area contributed by atoms with Crippen LogP contribution in [0.4, 0.5) is 5.69 Å². The molecule has 2 rings (SSSR count). The Hall–Kier alpha value is -0.670. The van der Waals surface area contributed by atoms with Crippen LogP contribution in [0, 0.1) is 5.92 Å². The zero-order chi connectivity index (χ0) is 12.3. The second kappa shape index (κ2) is 5.78. The van der Waals surface area contributed by atoms with E-state index in [-0.39, 0.29) is 0 Å². The smallest absolute Gasteiger partial charge is 0.0406 e. The van der Waals surface area contributed by atoms with E-state index in [1.54, 1.807) is 0 Å². The topological polar surface area (TPSA) is 38.0 Å². The second-order valence-electron chi connectivity index (χ2n) is 5.01. The summed E-state index contributed by atoms with van der Waals surface area (Å²) in [7, 11) is 0. The first-order valence-electron chi connectivity index (χ1n) is 6.43. The molecule has 3 heteroatoms. The molecular formula is C14H22N2S. The van der Waals surface area contributed by atoms with E-state index < -0.39 is 0 Å². The minimum atomic E-state index is 0.365. The number of nitrogens with one attached hydrogen (secondary N) is 1. The summed E-state index contributed by atoms with van der Waals surface area (Å²) in [6.07, 6.45) is 2.51. The molecule has 17 heavy (non-hydrogen) atoms. The van der Waals surface area contributed by atoms with E-state index in [2.05, 4.69) is 37.4 Å². The maximum absolute atomic E-state index is 5.79. The van der Waals surface area contributed by atoms with E-state index in [4.69, 9.17) is 5.73 Å². The van der Waals surface area contributed by atoms with Gasteiger partial charge in [-0.3, -0.25) is 0 Å². The summed E-state index contributed by atoms with van der Waals surface area (Å²) in [6.45, 7) is 5.10. The third kappa shape index (κ3) is 3.17. The van der Waals surface area contributed by atoms with Crippen molar-refractivity contribution in [3.05, 3.63) is 23.8 Å². The van der Waals surface area contributed by atoms with Crippen molar-refractivity contribution in [2.45, 2.75) is 37.6 Å². The second-order valence-corrected chi connectivity index (χ2v) is 6.14. The molecule has 1 aliphatic rings. The Morgan fingerprint density at radius 2 is 2.24 bits per heavy atom. The zero-order valence-corrected chi connectivity index (χ0v) is 11.5. The number of nitrogens with two attached hydrogens (primary N) is 1. The van der Waals surface area contributed by atoms with Crippen LogP contribution in [0.5, 0.6) is 0 Å². The molecule has 1 aromatic carbocycles. The first-order chi connectivity index (χ1) is 8.20. The quantitative estimate of drug-likeness (QED) is 0.862. The highest BCUT2D eigenvalue weighted by atomic mass is 32.2. The van der Waals surface area contributed by atoms with Gasteiger partial charge in [-0.05, 0) is 48.3 Å². The number of fused-ring (bicyclic) bond motifs is 1. The lowest BCUT2D eigenvalue weighted by Crippen LogP contribution is -2.33. The van der Waals surface area contributed by atoms with Crippen LogP contribution < -0.4 is 11.1 Å². The van der Waals surface area contributed by atoms with Gasteiger partial charge >= 0.3 is 0 Å². The van der Waals surface area contributed by atoms with Gasteiger partial charge in [-0.2, -0.15) is 0 Å². The first kappa shape index (κ1) is 12.8. The van der Waals surface area contributed by atoms with Gasteiger partial charge in [-0.1, -0.05) is 13.8 Å². The van der Waals surface area contributed by atoms with Crippen LogP contribution >= 0.6 is 11.8 Å². The fourth-order valence-corrected chi connectivity index (χ4v) is 3.18. The van der Waals surface area contributed by atoms with Crippen LogP contribution in [0.3, 0.4) is 0 Å². The van der Waals surface area contributed by atoms with Crippen molar-refractivity contribution in [3.63, 3.8) is 0 Å². The van der Waals surface area contributed by atoms with Gasteiger partial charge in [0.1, 0.15) is 0 Å². The van der Waals surface area contributed by atoms with Crippen molar-refractivity contribution in [2.75, 3.05) is 17.6 Å². The van der Waals surface area contributed by atoms with Crippen molar-refractivity contribution >= 4 is 17.4 Å². The largest absolute Gasteiger partial charge is 0.381 e. The molecule has 0 bridgehead atoms. The van der Waals surface area contributed by atoms with Crippen LogP contribution in [0.1, 0.15) is 25.8 Å². The Balaban J connectivity index is 2.11. The number of hydrogen-bond donors (Lipinski definition) is 2. The molecule has 0 radical (unpaired) electrons. The molecule has 1 atom stereocenters. The van der Waals surface area contributed by atoms with Gasteiger partial charge in [0.25, 0.3) is 0 Å². The Kier molecular flexibility index (Phi) is 4.35. The summed E-state index contributed by atoms with van der Waals surface area (Å²) in [5.41, 5.74) is 8.50. The summed E-state index contributed by atoms with van der Waals surface area (Å²) in [4.78, 5) is 1.45. The monoisotopic (exact) mass is 250 g/mol. The summed E-state index contributed by atoms with van der Waals surface area (Å²) in [5, 5.41) is 3.54. The Morgan fingerprint density at radius 1 is 1.41 bits per heavy atom. The van der Waals surface area contributed by atoms with Crippen LogP contribution in [0.25, 0.3) is 0 Å². The lowest BCUT2D eigenvalue weighted by atomic mass is 10.0. The Morgan fingerprint density at radius 3 is 2.94 bits per heavy atom. The predicted molar refractivity (Wildman–Crippen MR) is 76.8 cm³/mol. The van der Waals surface area contributed by atoms with Crippen LogP contribution in [-0.2, 0) is 6.42 Å². The summed E-state index contributed by atoms with van der Waals surface area (Å²) in [6, 6.07) is 7.09. The van der Waals surface area contributed by atoms with Crippen LogP contribution in [-0.4, -0.2) is 18.3 Å². The van der Waals surface area contributed by atoms with E-state index in [9.17, 15) is 0 Å². The van der Waals surface area contributed by atoms with Crippen molar-refractivity contribution in [2.24, 2.45) is 11.7 Å².